The maximum atomic E-state index is 13.2. The number of hydrogen-bond acceptors (Lipinski definition) is 4. The van der Waals surface area contributed by atoms with Gasteiger partial charge in [0.2, 0.25) is 0 Å². The number of aromatic nitrogens is 2. The average molecular weight is 342 g/mol. The molecular weight excluding hydrogens is 328 g/mol. The highest BCUT2D eigenvalue weighted by molar-refractivity contribution is 6.32. The molecule has 0 atom stereocenters. The van der Waals surface area contributed by atoms with Crippen molar-refractivity contribution in [3.05, 3.63) is 46.3 Å². The van der Waals surface area contributed by atoms with Gasteiger partial charge in [0.1, 0.15) is 17.7 Å². The number of hydrogen-bond donors (Lipinski definition) is 0. The lowest BCUT2D eigenvalue weighted by molar-refractivity contribution is 0.170. The summed E-state index contributed by atoms with van der Waals surface area (Å²) in [5, 5.41) is 8.72. The normalized spacial score (nSPS) is 15.9. The van der Waals surface area contributed by atoms with Gasteiger partial charge in [-0.1, -0.05) is 23.2 Å². The molecule has 0 saturated carbocycles. The summed E-state index contributed by atoms with van der Waals surface area (Å²) in [6.07, 6.45) is 1.62. The van der Waals surface area contributed by atoms with E-state index in [4.69, 9.17) is 27.9 Å². The summed E-state index contributed by atoms with van der Waals surface area (Å²) in [7, 11) is 0. The zero-order valence-corrected chi connectivity index (χ0v) is 13.2. The van der Waals surface area contributed by atoms with Crippen LogP contribution >= 0.6 is 23.2 Å². The number of halogens is 3. The SMILES string of the molecule is Fc1ccc(Cl)c(OC2CCN(c3ccc(Cl)nn3)CC2)c1. The highest BCUT2D eigenvalue weighted by Crippen LogP contribution is 2.28. The summed E-state index contributed by atoms with van der Waals surface area (Å²) < 4.78 is 19.1. The smallest absolute Gasteiger partial charge is 0.151 e. The second kappa shape index (κ2) is 6.67. The average Bonchev–Trinajstić information content (AvgIpc) is 2.53. The first-order valence-electron chi connectivity index (χ1n) is 6.98. The van der Waals surface area contributed by atoms with Crippen molar-refractivity contribution in [2.75, 3.05) is 18.0 Å². The summed E-state index contributed by atoms with van der Waals surface area (Å²) >= 11 is 11.8. The lowest BCUT2D eigenvalue weighted by atomic mass is 10.1. The van der Waals surface area contributed by atoms with E-state index in [9.17, 15) is 4.39 Å². The first-order valence-corrected chi connectivity index (χ1v) is 7.73. The van der Waals surface area contributed by atoms with Crippen molar-refractivity contribution in [1.29, 1.82) is 0 Å². The van der Waals surface area contributed by atoms with Crippen LogP contribution in [0, 0.1) is 5.82 Å². The molecule has 1 fully saturated rings. The Morgan fingerprint density at radius 1 is 1.09 bits per heavy atom. The molecule has 22 heavy (non-hydrogen) atoms. The van der Waals surface area contributed by atoms with E-state index in [0.29, 0.717) is 15.9 Å². The number of benzene rings is 1. The van der Waals surface area contributed by atoms with Crippen LogP contribution in [0.25, 0.3) is 0 Å². The molecule has 0 aliphatic carbocycles. The van der Waals surface area contributed by atoms with Gasteiger partial charge in [-0.2, -0.15) is 0 Å². The van der Waals surface area contributed by atoms with Crippen molar-refractivity contribution in [2.24, 2.45) is 0 Å². The minimum Gasteiger partial charge on any atom is -0.489 e. The predicted octanol–water partition coefficient (Wildman–Crippen LogP) is 3.97. The van der Waals surface area contributed by atoms with Crippen LogP contribution in [-0.2, 0) is 0 Å². The van der Waals surface area contributed by atoms with E-state index in [1.807, 2.05) is 6.07 Å². The highest BCUT2D eigenvalue weighted by atomic mass is 35.5. The van der Waals surface area contributed by atoms with E-state index in [1.54, 1.807) is 6.07 Å². The van der Waals surface area contributed by atoms with Gasteiger partial charge in [-0.3, -0.25) is 0 Å². The van der Waals surface area contributed by atoms with Gasteiger partial charge in [0.05, 0.1) is 5.02 Å². The summed E-state index contributed by atoms with van der Waals surface area (Å²) in [5.41, 5.74) is 0. The van der Waals surface area contributed by atoms with Gasteiger partial charge in [-0.25, -0.2) is 4.39 Å². The Morgan fingerprint density at radius 2 is 1.86 bits per heavy atom. The largest absolute Gasteiger partial charge is 0.489 e. The van der Waals surface area contributed by atoms with Crippen LogP contribution in [0.2, 0.25) is 10.2 Å². The molecule has 0 spiro atoms. The molecule has 3 rings (SSSR count). The van der Waals surface area contributed by atoms with E-state index < -0.39 is 0 Å². The number of anilines is 1. The lowest BCUT2D eigenvalue weighted by Crippen LogP contribution is -2.38. The van der Waals surface area contributed by atoms with E-state index >= 15 is 0 Å². The summed E-state index contributed by atoms with van der Waals surface area (Å²) in [6.45, 7) is 1.57. The Hall–Kier alpha value is -1.59. The van der Waals surface area contributed by atoms with Gasteiger partial charge < -0.3 is 9.64 Å². The minimum absolute atomic E-state index is 0.0100. The lowest BCUT2D eigenvalue weighted by Gasteiger charge is -2.32. The molecule has 0 amide bonds. The van der Waals surface area contributed by atoms with Crippen molar-refractivity contribution < 1.29 is 9.13 Å². The maximum Gasteiger partial charge on any atom is 0.151 e. The fraction of sp³-hybridized carbons (Fsp3) is 0.333. The Kier molecular flexibility index (Phi) is 4.64. The molecule has 0 bridgehead atoms. The van der Waals surface area contributed by atoms with Crippen LogP contribution < -0.4 is 9.64 Å². The number of rotatable bonds is 3. The van der Waals surface area contributed by atoms with Crippen LogP contribution in [0.5, 0.6) is 5.75 Å². The Labute approximate surface area is 137 Å². The monoisotopic (exact) mass is 341 g/mol. The molecule has 0 unspecified atom stereocenters. The summed E-state index contributed by atoms with van der Waals surface area (Å²) in [6, 6.07) is 7.71. The van der Waals surface area contributed by atoms with E-state index in [1.165, 1.54) is 18.2 Å². The Balaban J connectivity index is 1.60. The molecule has 1 aromatic carbocycles. The van der Waals surface area contributed by atoms with Gasteiger partial charge in [0.15, 0.2) is 11.0 Å². The Morgan fingerprint density at radius 3 is 2.55 bits per heavy atom. The van der Waals surface area contributed by atoms with Crippen LogP contribution in [0.4, 0.5) is 10.2 Å². The van der Waals surface area contributed by atoms with Crippen LogP contribution in [0.1, 0.15) is 12.8 Å². The second-order valence-corrected chi connectivity index (χ2v) is 5.89. The van der Waals surface area contributed by atoms with E-state index in [0.717, 1.165) is 31.7 Å². The van der Waals surface area contributed by atoms with Gasteiger partial charge in [0.25, 0.3) is 0 Å². The molecule has 1 aromatic heterocycles. The van der Waals surface area contributed by atoms with Gasteiger partial charge >= 0.3 is 0 Å². The van der Waals surface area contributed by atoms with Crippen molar-refractivity contribution in [3.8, 4) is 5.75 Å². The molecule has 2 aromatic rings. The minimum atomic E-state index is -0.353. The molecular formula is C15H14Cl2FN3O. The quantitative estimate of drug-likeness (QED) is 0.846. The van der Waals surface area contributed by atoms with Crippen LogP contribution in [0.15, 0.2) is 30.3 Å². The first kappa shape index (κ1) is 15.3. The summed E-state index contributed by atoms with van der Waals surface area (Å²) in [5.74, 6) is 0.839. The van der Waals surface area contributed by atoms with E-state index in [2.05, 4.69) is 15.1 Å². The first-order chi connectivity index (χ1) is 10.6. The molecule has 2 heterocycles. The molecule has 1 aliphatic heterocycles. The molecule has 116 valence electrons. The fourth-order valence-electron chi connectivity index (χ4n) is 2.43. The topological polar surface area (TPSA) is 38.2 Å². The van der Waals surface area contributed by atoms with E-state index in [-0.39, 0.29) is 11.9 Å². The third kappa shape index (κ3) is 3.59. The number of piperidine rings is 1. The fourth-order valence-corrected chi connectivity index (χ4v) is 2.69. The third-order valence-electron chi connectivity index (χ3n) is 3.57. The van der Waals surface area contributed by atoms with Crippen molar-refractivity contribution in [3.63, 3.8) is 0 Å². The second-order valence-electron chi connectivity index (χ2n) is 5.09. The third-order valence-corrected chi connectivity index (χ3v) is 4.08. The molecule has 1 aliphatic rings. The van der Waals surface area contributed by atoms with Crippen molar-refractivity contribution in [2.45, 2.75) is 18.9 Å². The summed E-state index contributed by atoms with van der Waals surface area (Å²) in [4.78, 5) is 2.12. The molecule has 0 radical (unpaired) electrons. The number of nitrogens with zero attached hydrogens (tertiary/aromatic N) is 3. The maximum absolute atomic E-state index is 13.2. The van der Waals surface area contributed by atoms with Crippen LogP contribution in [0.3, 0.4) is 0 Å². The van der Waals surface area contributed by atoms with Gasteiger partial charge in [0, 0.05) is 32.0 Å². The van der Waals surface area contributed by atoms with Crippen LogP contribution in [-0.4, -0.2) is 29.4 Å². The highest BCUT2D eigenvalue weighted by Gasteiger charge is 2.22. The van der Waals surface area contributed by atoms with Gasteiger partial charge in [-0.15, -0.1) is 10.2 Å². The molecule has 7 heteroatoms. The molecule has 1 saturated heterocycles. The molecule has 4 nitrogen and oxygen atoms in total. The predicted molar refractivity (Wildman–Crippen MR) is 84.3 cm³/mol. The zero-order chi connectivity index (χ0) is 15.5. The molecule has 0 N–H and O–H groups in total. The zero-order valence-electron chi connectivity index (χ0n) is 11.7. The van der Waals surface area contributed by atoms with Crippen molar-refractivity contribution >= 4 is 29.0 Å². The standard InChI is InChI=1S/C15H14Cl2FN3O/c16-12-2-1-10(18)9-13(12)22-11-5-7-21(8-6-11)15-4-3-14(17)19-20-15/h1-4,9,11H,5-8H2. The van der Waals surface area contributed by atoms with Crippen molar-refractivity contribution in [1.82, 2.24) is 10.2 Å². The Bertz CT molecular complexity index is 646. The van der Waals surface area contributed by atoms with Gasteiger partial charge in [-0.05, 0) is 24.3 Å². The number of ether oxygens (including phenoxy) is 1.